The van der Waals surface area contributed by atoms with Crippen LogP contribution in [0.2, 0.25) is 0 Å². The molecule has 12 heavy (non-hydrogen) atoms. The maximum atomic E-state index is 5.18. The summed E-state index contributed by atoms with van der Waals surface area (Å²) in [5.74, 6) is 0. The van der Waals surface area contributed by atoms with Gasteiger partial charge in [0.2, 0.25) is 0 Å². The summed E-state index contributed by atoms with van der Waals surface area (Å²) in [5.41, 5.74) is 1.09. The predicted octanol–water partition coefficient (Wildman–Crippen LogP) is 2.26. The quantitative estimate of drug-likeness (QED) is 0.463. The highest BCUT2D eigenvalue weighted by Crippen LogP contribution is 1.92. The van der Waals surface area contributed by atoms with E-state index in [0.717, 1.165) is 5.56 Å². The van der Waals surface area contributed by atoms with E-state index >= 15 is 0 Å². The van der Waals surface area contributed by atoms with Crippen LogP contribution in [0.4, 0.5) is 0 Å². The Morgan fingerprint density at radius 3 is 2.33 bits per heavy atom. The lowest BCUT2D eigenvalue weighted by atomic mass is 10.2. The van der Waals surface area contributed by atoms with Gasteiger partial charge < -0.3 is 4.99 Å². The first-order chi connectivity index (χ1) is 5.93. The topological polar surface area (TPSA) is 12.4 Å². The molecule has 0 unspecified atom stereocenters. The molecule has 0 amide bonds. The second-order valence-corrected chi connectivity index (χ2v) is 1.90. The van der Waals surface area contributed by atoms with E-state index in [9.17, 15) is 0 Å². The summed E-state index contributed by atoms with van der Waals surface area (Å²) in [4.78, 5) is 3.89. The van der Waals surface area contributed by atoms with Gasteiger partial charge >= 0.3 is 0 Å². The van der Waals surface area contributed by atoms with Gasteiger partial charge in [-0.15, -0.1) is 0 Å². The fourth-order valence-electron chi connectivity index (χ4n) is 0.697. The minimum absolute atomic E-state index is 0.356. The van der Waals surface area contributed by atoms with Crippen LogP contribution in [0.15, 0.2) is 35.3 Å². The highest BCUT2D eigenvalue weighted by Gasteiger charge is 1.79. The third-order valence-electron chi connectivity index (χ3n) is 1.15. The zero-order chi connectivity index (χ0) is 9.23. The molecule has 0 bridgehead atoms. The molecule has 0 aliphatic carbocycles. The van der Waals surface area contributed by atoms with E-state index in [1.807, 2.05) is 44.2 Å². The Bertz CT molecular complexity index is 206. The molecule has 1 aromatic rings. The van der Waals surface area contributed by atoms with E-state index in [4.69, 9.17) is 7.85 Å². The number of hydrogen-bond acceptors (Lipinski definition) is 1. The van der Waals surface area contributed by atoms with Crippen molar-refractivity contribution in [2.75, 3.05) is 6.44 Å². The van der Waals surface area contributed by atoms with Crippen LogP contribution in [0.3, 0.4) is 0 Å². The molecule has 0 saturated carbocycles. The summed E-state index contributed by atoms with van der Waals surface area (Å²) in [6.07, 6.45) is 2.12. The van der Waals surface area contributed by atoms with Gasteiger partial charge in [-0.1, -0.05) is 44.2 Å². The van der Waals surface area contributed by atoms with Gasteiger partial charge in [-0.05, 0) is 12.0 Å². The molecule has 2 radical (unpaired) electrons. The Morgan fingerprint density at radius 2 is 1.83 bits per heavy atom. The summed E-state index contributed by atoms with van der Waals surface area (Å²) < 4.78 is 0. The predicted molar refractivity (Wildman–Crippen MR) is 56.0 cm³/mol. The Morgan fingerprint density at radius 1 is 1.25 bits per heavy atom. The minimum atomic E-state index is 0.356. The molecular formula is C10H14BN. The normalized spacial score (nSPS) is 9.17. The first kappa shape index (κ1) is 11.0. The summed E-state index contributed by atoms with van der Waals surface area (Å²) >= 11 is 0. The monoisotopic (exact) mass is 159 g/mol. The van der Waals surface area contributed by atoms with Gasteiger partial charge in [-0.25, -0.2) is 0 Å². The van der Waals surface area contributed by atoms with E-state index in [0.29, 0.717) is 6.44 Å². The summed E-state index contributed by atoms with van der Waals surface area (Å²) in [6, 6.07) is 9.88. The molecule has 0 heterocycles. The van der Waals surface area contributed by atoms with Crippen LogP contribution in [0.25, 0.3) is 0 Å². The van der Waals surface area contributed by atoms with Crippen LogP contribution in [-0.2, 0) is 0 Å². The van der Waals surface area contributed by atoms with Crippen LogP contribution >= 0.6 is 0 Å². The molecule has 0 spiro atoms. The Balaban J connectivity index is 0.000000561. The van der Waals surface area contributed by atoms with Crippen molar-refractivity contribution in [3.8, 4) is 0 Å². The standard InChI is InChI=1S/C8H8BN.C2H6/c9-7-10-6-8-4-2-1-3-5-8;1-2/h1-6H,7H2;1-2H3. The smallest absolute Gasteiger partial charge is 0.0971 e. The van der Waals surface area contributed by atoms with Crippen molar-refractivity contribution in [1.82, 2.24) is 0 Å². The summed E-state index contributed by atoms with van der Waals surface area (Å²) in [6.45, 7) is 4.00. The first-order valence-electron chi connectivity index (χ1n) is 4.18. The van der Waals surface area contributed by atoms with Crippen molar-refractivity contribution in [2.45, 2.75) is 13.8 Å². The second-order valence-electron chi connectivity index (χ2n) is 1.90. The zero-order valence-corrected chi connectivity index (χ0v) is 7.70. The molecule has 2 heteroatoms. The van der Waals surface area contributed by atoms with E-state index in [2.05, 4.69) is 4.99 Å². The maximum absolute atomic E-state index is 5.18. The van der Waals surface area contributed by atoms with Crippen molar-refractivity contribution in [3.05, 3.63) is 35.9 Å². The Labute approximate surface area is 75.9 Å². The van der Waals surface area contributed by atoms with Gasteiger partial charge in [-0.2, -0.15) is 0 Å². The molecule has 1 rings (SSSR count). The van der Waals surface area contributed by atoms with Gasteiger partial charge in [-0.3, -0.25) is 0 Å². The van der Waals surface area contributed by atoms with Crippen LogP contribution < -0.4 is 0 Å². The molecule has 0 aromatic heterocycles. The van der Waals surface area contributed by atoms with E-state index < -0.39 is 0 Å². The third-order valence-corrected chi connectivity index (χ3v) is 1.15. The maximum Gasteiger partial charge on any atom is 0.0971 e. The van der Waals surface area contributed by atoms with Crippen LogP contribution in [0.1, 0.15) is 19.4 Å². The SMILES string of the molecule is CC.[B]CN=Cc1ccccc1. The number of hydrogen-bond donors (Lipinski definition) is 0. The van der Waals surface area contributed by atoms with Crippen LogP contribution in [-0.4, -0.2) is 20.5 Å². The molecule has 0 fully saturated rings. The fraction of sp³-hybridized carbons (Fsp3) is 0.300. The lowest BCUT2D eigenvalue weighted by Gasteiger charge is -1.88. The molecule has 1 nitrogen and oxygen atoms in total. The fourth-order valence-corrected chi connectivity index (χ4v) is 0.697. The number of rotatable bonds is 2. The molecule has 0 aliphatic rings. The van der Waals surface area contributed by atoms with Crippen molar-refractivity contribution in [3.63, 3.8) is 0 Å². The van der Waals surface area contributed by atoms with Gasteiger partial charge in [0, 0.05) is 6.21 Å². The molecule has 0 aliphatic heterocycles. The molecular weight excluding hydrogens is 145 g/mol. The molecule has 1 aromatic carbocycles. The highest BCUT2D eigenvalue weighted by molar-refractivity contribution is 6.09. The van der Waals surface area contributed by atoms with Crippen LogP contribution in [0.5, 0.6) is 0 Å². The van der Waals surface area contributed by atoms with Gasteiger partial charge in [0.25, 0.3) is 0 Å². The van der Waals surface area contributed by atoms with Gasteiger partial charge in [0.1, 0.15) is 0 Å². The Hall–Kier alpha value is -1.05. The summed E-state index contributed by atoms with van der Waals surface area (Å²) in [7, 11) is 5.18. The highest BCUT2D eigenvalue weighted by atomic mass is 14.7. The largest absolute Gasteiger partial charge is 0.302 e. The van der Waals surface area contributed by atoms with Crippen molar-refractivity contribution < 1.29 is 0 Å². The van der Waals surface area contributed by atoms with Crippen molar-refractivity contribution in [1.29, 1.82) is 0 Å². The van der Waals surface area contributed by atoms with Crippen molar-refractivity contribution >= 4 is 14.1 Å². The third kappa shape index (κ3) is 4.72. The Kier molecular flexibility index (Phi) is 7.35. The minimum Gasteiger partial charge on any atom is -0.302 e. The van der Waals surface area contributed by atoms with Crippen molar-refractivity contribution in [2.24, 2.45) is 4.99 Å². The number of benzene rings is 1. The van der Waals surface area contributed by atoms with E-state index in [1.54, 1.807) is 6.21 Å². The average molecular weight is 159 g/mol. The molecule has 0 atom stereocenters. The molecule has 0 saturated heterocycles. The van der Waals surface area contributed by atoms with Gasteiger partial charge in [0.15, 0.2) is 0 Å². The number of nitrogens with zero attached hydrogens (tertiary/aromatic N) is 1. The van der Waals surface area contributed by atoms with E-state index in [-0.39, 0.29) is 0 Å². The lowest BCUT2D eigenvalue weighted by molar-refractivity contribution is 1.38. The van der Waals surface area contributed by atoms with Gasteiger partial charge in [0.05, 0.1) is 7.85 Å². The number of aliphatic imine (C=N–C) groups is 1. The van der Waals surface area contributed by atoms with Crippen LogP contribution in [0, 0.1) is 0 Å². The second kappa shape index (κ2) is 8.06. The molecule has 0 N–H and O–H groups in total. The average Bonchev–Trinajstić information content (AvgIpc) is 2.19. The lowest BCUT2D eigenvalue weighted by Crippen LogP contribution is -1.81. The first-order valence-corrected chi connectivity index (χ1v) is 4.18. The molecule has 62 valence electrons. The van der Waals surface area contributed by atoms with E-state index in [1.165, 1.54) is 0 Å². The zero-order valence-electron chi connectivity index (χ0n) is 7.70. The summed E-state index contributed by atoms with van der Waals surface area (Å²) in [5, 5.41) is 0.